The van der Waals surface area contributed by atoms with Crippen LogP contribution in [0.1, 0.15) is 35.2 Å². The molecule has 2 aromatic rings. The van der Waals surface area contributed by atoms with Crippen molar-refractivity contribution >= 4 is 23.2 Å². The molecule has 2 fully saturated rings. The molecule has 1 saturated carbocycles. The summed E-state index contributed by atoms with van der Waals surface area (Å²) in [7, 11) is 0. The number of rotatable bonds is 6. The molecule has 1 saturated heterocycles. The first kappa shape index (κ1) is 20.3. The van der Waals surface area contributed by atoms with Crippen LogP contribution in [0.4, 0.5) is 15.8 Å². The predicted molar refractivity (Wildman–Crippen MR) is 113 cm³/mol. The second-order valence-electron chi connectivity index (χ2n) is 7.72. The first-order valence-corrected chi connectivity index (χ1v) is 10.4. The Morgan fingerprint density at radius 2 is 1.87 bits per heavy atom. The highest BCUT2D eigenvalue weighted by molar-refractivity contribution is 6.01. The van der Waals surface area contributed by atoms with Crippen LogP contribution < -0.4 is 15.5 Å². The highest BCUT2D eigenvalue weighted by Crippen LogP contribution is 2.30. The van der Waals surface area contributed by atoms with Gasteiger partial charge >= 0.3 is 0 Å². The van der Waals surface area contributed by atoms with Crippen LogP contribution in [-0.2, 0) is 16.1 Å². The summed E-state index contributed by atoms with van der Waals surface area (Å²) in [5, 5.41) is 5.78. The molecule has 0 aromatic heterocycles. The smallest absolute Gasteiger partial charge is 0.253 e. The average Bonchev–Trinajstić information content (AvgIpc) is 2.72. The Kier molecular flexibility index (Phi) is 6.28. The zero-order valence-corrected chi connectivity index (χ0v) is 16.8. The van der Waals surface area contributed by atoms with Crippen molar-refractivity contribution in [3.63, 3.8) is 0 Å². The van der Waals surface area contributed by atoms with Crippen LogP contribution in [0.15, 0.2) is 42.5 Å². The maximum atomic E-state index is 13.9. The van der Waals surface area contributed by atoms with E-state index in [1.165, 1.54) is 6.07 Å². The number of nitrogens with zero attached hydrogens (tertiary/aromatic N) is 1. The van der Waals surface area contributed by atoms with Crippen LogP contribution in [0.2, 0.25) is 0 Å². The zero-order valence-electron chi connectivity index (χ0n) is 16.8. The number of hydrogen-bond acceptors (Lipinski definition) is 4. The van der Waals surface area contributed by atoms with Gasteiger partial charge in [-0.3, -0.25) is 9.59 Å². The molecule has 0 bridgehead atoms. The Morgan fingerprint density at radius 3 is 2.57 bits per heavy atom. The summed E-state index contributed by atoms with van der Waals surface area (Å²) in [6, 6.07) is 11.7. The molecule has 6 nitrogen and oxygen atoms in total. The third kappa shape index (κ3) is 4.62. The fraction of sp³-hybridized carbons (Fsp3) is 0.391. The Hall–Kier alpha value is -2.93. The number of benzene rings is 2. The second-order valence-corrected chi connectivity index (χ2v) is 7.72. The molecule has 158 valence electrons. The van der Waals surface area contributed by atoms with Crippen molar-refractivity contribution in [2.45, 2.75) is 25.8 Å². The lowest BCUT2D eigenvalue weighted by molar-refractivity contribution is -0.122. The molecule has 2 N–H and O–H groups in total. The topological polar surface area (TPSA) is 70.7 Å². The van der Waals surface area contributed by atoms with Gasteiger partial charge in [0.25, 0.3) is 5.91 Å². The number of amides is 2. The van der Waals surface area contributed by atoms with Crippen LogP contribution >= 0.6 is 0 Å². The van der Waals surface area contributed by atoms with E-state index in [9.17, 15) is 14.0 Å². The Labute approximate surface area is 175 Å². The molecule has 0 unspecified atom stereocenters. The molecule has 2 aromatic carbocycles. The highest BCUT2D eigenvalue weighted by atomic mass is 19.1. The number of morpholine rings is 1. The minimum absolute atomic E-state index is 0.0333. The van der Waals surface area contributed by atoms with E-state index in [1.54, 1.807) is 30.3 Å². The zero-order chi connectivity index (χ0) is 20.9. The van der Waals surface area contributed by atoms with E-state index in [1.807, 2.05) is 6.07 Å². The SMILES string of the molecule is O=C(NCc1ccccc1F)c1ccc(NC(=O)C2CCC2)cc1N1CCOCC1. The molecule has 0 spiro atoms. The Balaban J connectivity index is 1.53. The summed E-state index contributed by atoms with van der Waals surface area (Å²) < 4.78 is 19.3. The summed E-state index contributed by atoms with van der Waals surface area (Å²) in [6.45, 7) is 2.58. The van der Waals surface area contributed by atoms with Gasteiger partial charge in [0.15, 0.2) is 0 Å². The van der Waals surface area contributed by atoms with Gasteiger partial charge in [0, 0.05) is 36.8 Å². The Morgan fingerprint density at radius 1 is 1.10 bits per heavy atom. The van der Waals surface area contributed by atoms with Gasteiger partial charge in [0.05, 0.1) is 24.5 Å². The van der Waals surface area contributed by atoms with E-state index in [0.29, 0.717) is 43.1 Å². The maximum Gasteiger partial charge on any atom is 0.253 e. The van der Waals surface area contributed by atoms with Crippen molar-refractivity contribution in [1.29, 1.82) is 0 Å². The average molecular weight is 411 g/mol. The normalized spacial score (nSPS) is 16.6. The van der Waals surface area contributed by atoms with Gasteiger partial charge in [-0.2, -0.15) is 0 Å². The van der Waals surface area contributed by atoms with Crippen LogP contribution in [0.25, 0.3) is 0 Å². The molecule has 1 aliphatic heterocycles. The quantitative estimate of drug-likeness (QED) is 0.765. The van der Waals surface area contributed by atoms with Crippen molar-refractivity contribution in [1.82, 2.24) is 5.32 Å². The molecule has 2 aliphatic rings. The second kappa shape index (κ2) is 9.26. The van der Waals surface area contributed by atoms with E-state index < -0.39 is 0 Å². The monoisotopic (exact) mass is 411 g/mol. The molecule has 0 radical (unpaired) electrons. The summed E-state index contributed by atoms with van der Waals surface area (Å²) in [4.78, 5) is 27.3. The fourth-order valence-corrected chi connectivity index (χ4v) is 3.69. The van der Waals surface area contributed by atoms with Crippen LogP contribution in [0.3, 0.4) is 0 Å². The summed E-state index contributed by atoms with van der Waals surface area (Å²) in [5.74, 6) is -0.511. The Bertz CT molecular complexity index is 924. The van der Waals surface area contributed by atoms with Gasteiger partial charge in [-0.15, -0.1) is 0 Å². The molecule has 30 heavy (non-hydrogen) atoms. The number of anilines is 2. The third-order valence-corrected chi connectivity index (χ3v) is 5.73. The molecule has 1 aliphatic carbocycles. The summed E-state index contributed by atoms with van der Waals surface area (Å²) >= 11 is 0. The van der Waals surface area contributed by atoms with Crippen molar-refractivity contribution in [3.05, 3.63) is 59.4 Å². The van der Waals surface area contributed by atoms with Crippen LogP contribution in [-0.4, -0.2) is 38.1 Å². The van der Waals surface area contributed by atoms with E-state index in [-0.39, 0.29) is 30.1 Å². The van der Waals surface area contributed by atoms with Gasteiger partial charge in [0.1, 0.15) is 5.82 Å². The van der Waals surface area contributed by atoms with E-state index in [4.69, 9.17) is 4.74 Å². The van der Waals surface area contributed by atoms with Gasteiger partial charge in [-0.05, 0) is 37.1 Å². The molecule has 7 heteroatoms. The van der Waals surface area contributed by atoms with Crippen LogP contribution in [0, 0.1) is 11.7 Å². The standard InChI is InChI=1S/C23H26FN3O3/c24-20-7-2-1-4-17(20)15-25-23(29)19-9-8-18(26-22(28)16-5-3-6-16)14-21(19)27-10-12-30-13-11-27/h1-2,4,7-9,14,16H,3,5-6,10-13,15H2,(H,25,29)(H,26,28). The number of halogens is 1. The molecular formula is C23H26FN3O3. The highest BCUT2D eigenvalue weighted by Gasteiger charge is 2.26. The molecule has 0 atom stereocenters. The first-order valence-electron chi connectivity index (χ1n) is 10.4. The minimum atomic E-state index is -0.347. The van der Waals surface area contributed by atoms with E-state index >= 15 is 0 Å². The number of carbonyl (C=O) groups excluding carboxylic acids is 2. The number of ether oxygens (including phenoxy) is 1. The van der Waals surface area contributed by atoms with Crippen molar-refractivity contribution < 1.29 is 18.7 Å². The lowest BCUT2D eigenvalue weighted by Gasteiger charge is -2.31. The summed E-state index contributed by atoms with van der Waals surface area (Å²) in [5.41, 5.74) is 2.35. The predicted octanol–water partition coefficient (Wildman–Crippen LogP) is 3.33. The fourth-order valence-electron chi connectivity index (χ4n) is 3.69. The van der Waals surface area contributed by atoms with Gasteiger partial charge in [-0.25, -0.2) is 4.39 Å². The first-order chi connectivity index (χ1) is 14.6. The van der Waals surface area contributed by atoms with E-state index in [0.717, 1.165) is 24.9 Å². The minimum Gasteiger partial charge on any atom is -0.378 e. The largest absolute Gasteiger partial charge is 0.378 e. The van der Waals surface area contributed by atoms with Gasteiger partial charge in [-0.1, -0.05) is 24.6 Å². The van der Waals surface area contributed by atoms with Crippen molar-refractivity contribution in [3.8, 4) is 0 Å². The van der Waals surface area contributed by atoms with E-state index in [2.05, 4.69) is 15.5 Å². The van der Waals surface area contributed by atoms with Crippen molar-refractivity contribution in [2.75, 3.05) is 36.5 Å². The van der Waals surface area contributed by atoms with Crippen molar-refractivity contribution in [2.24, 2.45) is 5.92 Å². The molecule has 1 heterocycles. The summed E-state index contributed by atoms with van der Waals surface area (Å²) in [6.07, 6.45) is 2.95. The lowest BCUT2D eigenvalue weighted by atomic mass is 9.85. The number of carbonyl (C=O) groups is 2. The van der Waals surface area contributed by atoms with Gasteiger partial charge < -0.3 is 20.3 Å². The number of nitrogens with one attached hydrogen (secondary N) is 2. The molecular weight excluding hydrogens is 385 g/mol. The lowest BCUT2D eigenvalue weighted by Crippen LogP contribution is -2.38. The number of hydrogen-bond donors (Lipinski definition) is 2. The third-order valence-electron chi connectivity index (χ3n) is 5.73. The van der Waals surface area contributed by atoms with Gasteiger partial charge in [0.2, 0.25) is 5.91 Å². The maximum absolute atomic E-state index is 13.9. The molecule has 4 rings (SSSR count). The molecule has 2 amide bonds. The van der Waals surface area contributed by atoms with Crippen LogP contribution in [0.5, 0.6) is 0 Å².